The molecule has 4 rings (SSSR count). The summed E-state index contributed by atoms with van der Waals surface area (Å²) in [6.45, 7) is 0. The fraction of sp³-hybridized carbons (Fsp3) is 0.176. The van der Waals surface area contributed by atoms with Crippen molar-refractivity contribution >= 4 is 38.4 Å². The van der Waals surface area contributed by atoms with Gasteiger partial charge in [0.2, 0.25) is 5.91 Å². The maximum Gasteiger partial charge on any atom is 0.417 e. The van der Waals surface area contributed by atoms with Crippen LogP contribution in [-0.4, -0.2) is 26.4 Å². The number of fused-ring (bicyclic) bond motifs is 2. The van der Waals surface area contributed by atoms with E-state index in [1.807, 2.05) is 0 Å². The molecule has 0 saturated heterocycles. The number of aromatic nitrogens is 1. The molecule has 0 bridgehead atoms. The predicted molar refractivity (Wildman–Crippen MR) is 95.8 cm³/mol. The number of amides is 1. The lowest BCUT2D eigenvalue weighted by Gasteiger charge is -2.26. The minimum Gasteiger partial charge on any atom is -0.408 e. The van der Waals surface area contributed by atoms with E-state index in [0.717, 1.165) is 11.3 Å². The van der Waals surface area contributed by atoms with Crippen molar-refractivity contribution in [3.63, 3.8) is 0 Å². The molecule has 0 atom stereocenters. The number of aromatic amines is 1. The smallest absolute Gasteiger partial charge is 0.408 e. The van der Waals surface area contributed by atoms with Crippen molar-refractivity contribution in [1.29, 1.82) is 0 Å². The van der Waals surface area contributed by atoms with E-state index in [9.17, 15) is 18.0 Å². The fourth-order valence-electron chi connectivity index (χ4n) is 3.03. The van der Waals surface area contributed by atoms with Gasteiger partial charge in [0.25, 0.3) is 10.0 Å². The van der Waals surface area contributed by atoms with Crippen LogP contribution in [0.5, 0.6) is 0 Å². The van der Waals surface area contributed by atoms with Crippen molar-refractivity contribution in [2.24, 2.45) is 0 Å². The van der Waals surface area contributed by atoms with Crippen molar-refractivity contribution in [2.45, 2.75) is 17.7 Å². The van der Waals surface area contributed by atoms with Gasteiger partial charge in [0.15, 0.2) is 5.58 Å². The quantitative estimate of drug-likeness (QED) is 0.727. The molecule has 0 spiro atoms. The van der Waals surface area contributed by atoms with Crippen molar-refractivity contribution < 1.29 is 17.6 Å². The Bertz CT molecular complexity index is 1190. The van der Waals surface area contributed by atoms with Crippen molar-refractivity contribution in [3.05, 3.63) is 52.5 Å². The molecular formula is C17H15N3O5S. The third kappa shape index (κ3) is 2.76. The Hall–Kier alpha value is -3.07. The molecular weight excluding hydrogens is 358 g/mol. The van der Waals surface area contributed by atoms with E-state index >= 15 is 0 Å². The minimum absolute atomic E-state index is 0.00800. The number of anilines is 2. The van der Waals surface area contributed by atoms with Gasteiger partial charge in [-0.2, -0.15) is 0 Å². The van der Waals surface area contributed by atoms with Crippen LogP contribution < -0.4 is 15.4 Å². The van der Waals surface area contributed by atoms with E-state index in [2.05, 4.69) is 9.71 Å². The molecule has 1 aliphatic heterocycles. The van der Waals surface area contributed by atoms with Crippen molar-refractivity contribution in [3.8, 4) is 0 Å². The fourth-order valence-corrected chi connectivity index (χ4v) is 4.13. The van der Waals surface area contributed by atoms with Crippen molar-refractivity contribution in [2.75, 3.05) is 16.7 Å². The molecule has 0 aliphatic carbocycles. The number of hydrogen-bond donors (Lipinski definition) is 2. The number of nitrogens with one attached hydrogen (secondary N) is 2. The summed E-state index contributed by atoms with van der Waals surface area (Å²) in [7, 11) is -2.14. The SMILES string of the molecule is CN1C(=O)CCc2cc(S(=O)(=O)Nc3ccc4oc(=O)[nH]c4c3)ccc21. The summed E-state index contributed by atoms with van der Waals surface area (Å²) < 4.78 is 32.8. The van der Waals surface area contributed by atoms with E-state index in [1.54, 1.807) is 19.2 Å². The zero-order valence-corrected chi connectivity index (χ0v) is 14.6. The van der Waals surface area contributed by atoms with Gasteiger partial charge in [-0.15, -0.1) is 0 Å². The number of hydrogen-bond acceptors (Lipinski definition) is 5. The van der Waals surface area contributed by atoms with Crippen LogP contribution in [0.1, 0.15) is 12.0 Å². The second-order valence-electron chi connectivity index (χ2n) is 6.07. The Morgan fingerprint density at radius 1 is 1.12 bits per heavy atom. The monoisotopic (exact) mass is 373 g/mol. The lowest BCUT2D eigenvalue weighted by atomic mass is 10.0. The highest BCUT2D eigenvalue weighted by atomic mass is 32.2. The maximum absolute atomic E-state index is 12.7. The number of rotatable bonds is 3. The van der Waals surface area contributed by atoms with Crippen LogP contribution in [0.25, 0.3) is 11.1 Å². The van der Waals surface area contributed by atoms with E-state index < -0.39 is 15.8 Å². The third-order valence-electron chi connectivity index (χ3n) is 4.38. The van der Waals surface area contributed by atoms with Crippen LogP contribution in [0.2, 0.25) is 0 Å². The molecule has 134 valence electrons. The Kier molecular flexibility index (Phi) is 3.62. The van der Waals surface area contributed by atoms with Gasteiger partial charge in [0, 0.05) is 19.2 Å². The molecule has 8 nitrogen and oxygen atoms in total. The molecule has 2 heterocycles. The van der Waals surface area contributed by atoms with Crippen LogP contribution in [0.15, 0.2) is 50.5 Å². The molecule has 9 heteroatoms. The average molecular weight is 373 g/mol. The summed E-state index contributed by atoms with van der Waals surface area (Å²) in [5, 5.41) is 0. The summed E-state index contributed by atoms with van der Waals surface area (Å²) in [5.41, 5.74) is 2.59. The molecule has 0 saturated carbocycles. The van der Waals surface area contributed by atoms with Gasteiger partial charge in [0.1, 0.15) is 0 Å². The van der Waals surface area contributed by atoms with Gasteiger partial charge in [0.05, 0.1) is 16.1 Å². The van der Waals surface area contributed by atoms with Crippen LogP contribution in [-0.2, 0) is 21.2 Å². The number of carbonyl (C=O) groups is 1. The minimum atomic E-state index is -3.82. The molecule has 2 N–H and O–H groups in total. The van der Waals surface area contributed by atoms with E-state index in [1.165, 1.54) is 29.2 Å². The Morgan fingerprint density at radius 2 is 1.92 bits per heavy atom. The molecule has 1 aromatic heterocycles. The molecule has 0 radical (unpaired) electrons. The first-order valence-electron chi connectivity index (χ1n) is 7.89. The summed E-state index contributed by atoms with van der Waals surface area (Å²) in [5.74, 6) is -0.595. The van der Waals surface area contributed by atoms with Gasteiger partial charge in [-0.1, -0.05) is 0 Å². The van der Waals surface area contributed by atoms with E-state index in [4.69, 9.17) is 4.42 Å². The first-order valence-corrected chi connectivity index (χ1v) is 9.37. The normalized spacial score (nSPS) is 14.5. The largest absolute Gasteiger partial charge is 0.417 e. The predicted octanol–water partition coefficient (Wildman–Crippen LogP) is 1.83. The van der Waals surface area contributed by atoms with Crippen LogP contribution in [0.3, 0.4) is 0 Å². The number of H-pyrrole nitrogens is 1. The van der Waals surface area contributed by atoms with Crippen LogP contribution in [0.4, 0.5) is 11.4 Å². The van der Waals surface area contributed by atoms with Crippen LogP contribution in [0, 0.1) is 0 Å². The van der Waals surface area contributed by atoms with Crippen LogP contribution >= 0.6 is 0 Å². The highest BCUT2D eigenvalue weighted by molar-refractivity contribution is 7.92. The number of aryl methyl sites for hydroxylation is 1. The molecule has 0 fully saturated rings. The topological polar surface area (TPSA) is 112 Å². The highest BCUT2D eigenvalue weighted by Gasteiger charge is 2.23. The number of oxazole rings is 1. The zero-order valence-electron chi connectivity index (χ0n) is 13.8. The molecule has 1 amide bonds. The summed E-state index contributed by atoms with van der Waals surface area (Å²) in [6, 6.07) is 9.20. The summed E-state index contributed by atoms with van der Waals surface area (Å²) in [4.78, 5) is 27.1. The molecule has 1 aliphatic rings. The van der Waals surface area contributed by atoms with E-state index in [0.29, 0.717) is 29.6 Å². The lowest BCUT2D eigenvalue weighted by Crippen LogP contribution is -2.31. The van der Waals surface area contributed by atoms with Crippen molar-refractivity contribution in [1.82, 2.24) is 4.98 Å². The molecule has 3 aromatic rings. The van der Waals surface area contributed by atoms with E-state index in [-0.39, 0.29) is 10.8 Å². The van der Waals surface area contributed by atoms with Gasteiger partial charge < -0.3 is 9.32 Å². The Morgan fingerprint density at radius 3 is 2.73 bits per heavy atom. The zero-order chi connectivity index (χ0) is 18.5. The maximum atomic E-state index is 12.7. The number of sulfonamides is 1. The van der Waals surface area contributed by atoms with Gasteiger partial charge >= 0.3 is 5.76 Å². The van der Waals surface area contributed by atoms with Gasteiger partial charge in [-0.3, -0.25) is 14.5 Å². The lowest BCUT2D eigenvalue weighted by molar-refractivity contribution is -0.118. The molecule has 26 heavy (non-hydrogen) atoms. The highest BCUT2D eigenvalue weighted by Crippen LogP contribution is 2.29. The first kappa shape index (κ1) is 16.4. The average Bonchev–Trinajstić information content (AvgIpc) is 2.97. The number of nitrogens with zero attached hydrogens (tertiary/aromatic N) is 1. The summed E-state index contributed by atoms with van der Waals surface area (Å²) >= 11 is 0. The van der Waals surface area contributed by atoms with Gasteiger partial charge in [-0.05, 0) is 48.4 Å². The second-order valence-corrected chi connectivity index (χ2v) is 7.76. The molecule has 0 unspecified atom stereocenters. The standard InChI is InChI=1S/C17H15N3O5S/c1-20-14-5-4-12(8-10(14)2-7-16(20)21)26(23,24)19-11-3-6-15-13(9-11)18-17(22)25-15/h3-6,8-9,19H,2,7H2,1H3,(H,18,22). The number of benzene rings is 2. The Balaban J connectivity index is 1.67. The third-order valence-corrected chi connectivity index (χ3v) is 5.76. The van der Waals surface area contributed by atoms with Gasteiger partial charge in [-0.25, -0.2) is 13.2 Å². The summed E-state index contributed by atoms with van der Waals surface area (Å²) in [6.07, 6.45) is 0.856. The Labute approximate surface area is 148 Å². The first-order chi connectivity index (χ1) is 12.3. The second kappa shape index (κ2) is 5.73. The number of carbonyl (C=O) groups excluding carboxylic acids is 1. The molecule has 2 aromatic carbocycles.